The number of carbonyl (C=O) groups excluding carboxylic acids is 1. The number of allylic oxidation sites excluding steroid dienone is 1. The van der Waals surface area contributed by atoms with E-state index in [1.165, 1.54) is 0 Å². The van der Waals surface area contributed by atoms with Crippen LogP contribution in [-0.2, 0) is 0 Å². The van der Waals surface area contributed by atoms with Gasteiger partial charge in [0.1, 0.15) is 37.1 Å². The van der Waals surface area contributed by atoms with E-state index in [1.807, 2.05) is 30.3 Å². The maximum absolute atomic E-state index is 13.0. The van der Waals surface area contributed by atoms with E-state index in [-0.39, 0.29) is 18.3 Å². The van der Waals surface area contributed by atoms with Gasteiger partial charge in [0.2, 0.25) is 0 Å². The second kappa shape index (κ2) is 12.2. The molecule has 0 heterocycles. The van der Waals surface area contributed by atoms with Crippen molar-refractivity contribution < 1.29 is 19.0 Å². The van der Waals surface area contributed by atoms with E-state index in [0.29, 0.717) is 30.3 Å². The van der Waals surface area contributed by atoms with Crippen molar-refractivity contribution in [2.24, 2.45) is 0 Å². The van der Waals surface area contributed by atoms with Gasteiger partial charge in [0.05, 0.1) is 5.56 Å². The Kier molecular flexibility index (Phi) is 9.37. The van der Waals surface area contributed by atoms with Crippen molar-refractivity contribution in [3.05, 3.63) is 97.1 Å². The molecule has 0 atom stereocenters. The molecule has 31 heavy (non-hydrogen) atoms. The zero-order valence-corrected chi connectivity index (χ0v) is 18.3. The summed E-state index contributed by atoms with van der Waals surface area (Å²) in [5.74, 6) is 1.92. The topological polar surface area (TPSA) is 44.8 Å². The molecule has 0 aliphatic carbocycles. The van der Waals surface area contributed by atoms with Crippen LogP contribution in [0.4, 0.5) is 0 Å². The van der Waals surface area contributed by atoms with Gasteiger partial charge >= 0.3 is 0 Å². The first-order chi connectivity index (χ1) is 15.0. The first kappa shape index (κ1) is 23.7. The molecule has 0 aromatic heterocycles. The highest BCUT2D eigenvalue weighted by Gasteiger charge is 2.18. The fourth-order valence-electron chi connectivity index (χ4n) is 2.86. The molecular formula is C27H30O4. The lowest BCUT2D eigenvalue weighted by Crippen LogP contribution is -2.07. The molecule has 2 aromatic rings. The van der Waals surface area contributed by atoms with E-state index in [1.54, 1.807) is 36.4 Å². The predicted octanol–water partition coefficient (Wildman–Crippen LogP) is 6.40. The van der Waals surface area contributed by atoms with Crippen LogP contribution in [0.1, 0.15) is 41.3 Å². The molecule has 0 saturated carbocycles. The van der Waals surface area contributed by atoms with Crippen LogP contribution in [0.5, 0.6) is 17.2 Å². The third-order valence-electron chi connectivity index (χ3n) is 4.39. The monoisotopic (exact) mass is 418 g/mol. The van der Waals surface area contributed by atoms with Crippen molar-refractivity contribution in [1.82, 2.24) is 0 Å². The smallest absolute Gasteiger partial charge is 0.189 e. The minimum atomic E-state index is -0.150. The highest BCUT2D eigenvalue weighted by atomic mass is 16.5. The zero-order chi connectivity index (χ0) is 22.6. The molecule has 162 valence electrons. The van der Waals surface area contributed by atoms with E-state index in [0.717, 1.165) is 16.9 Å². The highest BCUT2D eigenvalue weighted by Crippen LogP contribution is 2.34. The maximum Gasteiger partial charge on any atom is 0.189 e. The molecule has 2 aromatic carbocycles. The van der Waals surface area contributed by atoms with Crippen LogP contribution < -0.4 is 14.2 Å². The Labute approximate surface area is 185 Å². The normalized spacial score (nSPS) is 10.7. The molecule has 0 unspecified atom stereocenters. The number of hydrogen-bond acceptors (Lipinski definition) is 4. The number of ether oxygens (including phenoxy) is 3. The van der Waals surface area contributed by atoms with E-state index in [9.17, 15) is 4.79 Å². The lowest BCUT2D eigenvalue weighted by Gasteiger charge is -2.17. The molecule has 0 amide bonds. The van der Waals surface area contributed by atoms with Crippen LogP contribution in [0.3, 0.4) is 0 Å². The molecule has 0 aliphatic rings. The van der Waals surface area contributed by atoms with Gasteiger partial charge in [0.15, 0.2) is 5.78 Å². The summed E-state index contributed by atoms with van der Waals surface area (Å²) >= 11 is 0. The molecular weight excluding hydrogens is 388 g/mol. The molecule has 0 bridgehead atoms. The second-order valence-corrected chi connectivity index (χ2v) is 7.11. The van der Waals surface area contributed by atoms with Crippen LogP contribution in [0.2, 0.25) is 0 Å². The van der Waals surface area contributed by atoms with Gasteiger partial charge in [-0.3, -0.25) is 4.79 Å². The van der Waals surface area contributed by atoms with Crippen LogP contribution >= 0.6 is 0 Å². The van der Waals surface area contributed by atoms with Gasteiger partial charge in [-0.05, 0) is 41.3 Å². The molecule has 0 radical (unpaired) electrons. The van der Waals surface area contributed by atoms with Gasteiger partial charge in [-0.15, -0.1) is 0 Å². The summed E-state index contributed by atoms with van der Waals surface area (Å²) in [5.41, 5.74) is 2.31. The van der Waals surface area contributed by atoms with Gasteiger partial charge in [0.25, 0.3) is 0 Å². The summed E-state index contributed by atoms with van der Waals surface area (Å²) in [7, 11) is 0. The van der Waals surface area contributed by atoms with Crippen LogP contribution in [0, 0.1) is 0 Å². The number of ketones is 1. The lowest BCUT2D eigenvalue weighted by atomic mass is 9.96. The predicted molar refractivity (Wildman–Crippen MR) is 127 cm³/mol. The summed E-state index contributed by atoms with van der Waals surface area (Å²) in [4.78, 5) is 13.0. The number of hydrogen-bond donors (Lipinski definition) is 0. The van der Waals surface area contributed by atoms with Crippen molar-refractivity contribution in [2.75, 3.05) is 19.8 Å². The average molecular weight is 419 g/mol. The summed E-state index contributed by atoms with van der Waals surface area (Å²) < 4.78 is 17.0. The van der Waals surface area contributed by atoms with E-state index < -0.39 is 0 Å². The summed E-state index contributed by atoms with van der Waals surface area (Å²) in [6.07, 6.45) is 8.33. The number of carbonyl (C=O) groups is 1. The molecule has 0 spiro atoms. The molecule has 0 saturated heterocycles. The van der Waals surface area contributed by atoms with Crippen molar-refractivity contribution in [3.63, 3.8) is 0 Å². The van der Waals surface area contributed by atoms with Gasteiger partial charge < -0.3 is 14.2 Å². The van der Waals surface area contributed by atoms with Crippen molar-refractivity contribution >= 4 is 11.9 Å². The summed E-state index contributed by atoms with van der Waals surface area (Å²) in [6, 6.07) is 11.1. The molecule has 4 nitrogen and oxygen atoms in total. The first-order valence-electron chi connectivity index (χ1n) is 10.2. The molecule has 0 N–H and O–H groups in total. The number of rotatable bonds is 13. The fourth-order valence-corrected chi connectivity index (χ4v) is 2.86. The Balaban J connectivity index is 2.32. The van der Waals surface area contributed by atoms with Gasteiger partial charge in [-0.1, -0.05) is 70.0 Å². The van der Waals surface area contributed by atoms with E-state index >= 15 is 0 Å². The fraction of sp³-hybridized carbons (Fsp3) is 0.222. The first-order valence-corrected chi connectivity index (χ1v) is 10.2. The van der Waals surface area contributed by atoms with E-state index in [2.05, 4.69) is 33.6 Å². The van der Waals surface area contributed by atoms with Gasteiger partial charge in [-0.2, -0.15) is 0 Å². The van der Waals surface area contributed by atoms with Gasteiger partial charge in [-0.25, -0.2) is 0 Å². The average Bonchev–Trinajstić information content (AvgIpc) is 2.78. The third-order valence-corrected chi connectivity index (χ3v) is 4.39. The third kappa shape index (κ3) is 7.03. The minimum absolute atomic E-state index is 0.150. The Hall–Kier alpha value is -3.53. The molecule has 0 fully saturated rings. The summed E-state index contributed by atoms with van der Waals surface area (Å²) in [6.45, 7) is 16.2. The Morgan fingerprint density at radius 2 is 1.45 bits per heavy atom. The molecule has 2 rings (SSSR count). The Bertz CT molecular complexity index is 936. The SMILES string of the molecule is C=CCOc1ccc(/C=C/C(=O)c2cc(C(C)C)c(OCC=C)cc2OCC=C)cc1. The van der Waals surface area contributed by atoms with Gasteiger partial charge in [0, 0.05) is 6.07 Å². The highest BCUT2D eigenvalue weighted by molar-refractivity contribution is 6.09. The summed E-state index contributed by atoms with van der Waals surface area (Å²) in [5, 5.41) is 0. The Morgan fingerprint density at radius 1 is 0.871 bits per heavy atom. The zero-order valence-electron chi connectivity index (χ0n) is 18.3. The second-order valence-electron chi connectivity index (χ2n) is 7.11. The quantitative estimate of drug-likeness (QED) is 0.214. The number of benzene rings is 2. The minimum Gasteiger partial charge on any atom is -0.490 e. The van der Waals surface area contributed by atoms with Crippen molar-refractivity contribution in [3.8, 4) is 17.2 Å². The maximum atomic E-state index is 13.0. The largest absolute Gasteiger partial charge is 0.490 e. The van der Waals surface area contributed by atoms with Crippen LogP contribution in [0.25, 0.3) is 6.08 Å². The van der Waals surface area contributed by atoms with Crippen molar-refractivity contribution in [1.29, 1.82) is 0 Å². The standard InChI is InChI=1S/C27H30O4/c1-6-15-29-22-12-9-21(10-13-22)11-14-25(28)24-18-23(20(4)5)26(30-16-7-2)19-27(24)31-17-8-3/h6-14,18-20H,1-3,15-17H2,4-5H3/b14-11+. The lowest BCUT2D eigenvalue weighted by molar-refractivity contribution is 0.104. The van der Waals surface area contributed by atoms with E-state index in [4.69, 9.17) is 14.2 Å². The van der Waals surface area contributed by atoms with Crippen LogP contribution in [-0.4, -0.2) is 25.6 Å². The Morgan fingerprint density at radius 3 is 2.03 bits per heavy atom. The van der Waals surface area contributed by atoms with Crippen LogP contribution in [0.15, 0.2) is 80.4 Å². The molecule has 0 aliphatic heterocycles. The van der Waals surface area contributed by atoms with Crippen molar-refractivity contribution in [2.45, 2.75) is 19.8 Å². The molecule has 4 heteroatoms.